The number of nitrogens with zero attached hydrogens (tertiary/aromatic N) is 1. The number of amides is 2. The average Bonchev–Trinajstić information content (AvgIpc) is 2.63. The molecule has 3 N–H and O–H groups in total. The lowest BCUT2D eigenvalue weighted by molar-refractivity contribution is -0.178. The summed E-state index contributed by atoms with van der Waals surface area (Å²) in [6.07, 6.45) is 7.00. The van der Waals surface area contributed by atoms with Gasteiger partial charge in [-0.25, -0.2) is 0 Å². The summed E-state index contributed by atoms with van der Waals surface area (Å²) in [5.41, 5.74) is 1.01. The fourth-order valence-corrected chi connectivity index (χ4v) is 4.45. The summed E-state index contributed by atoms with van der Waals surface area (Å²) in [5, 5.41) is 15.3. The number of pyridine rings is 1. The molecule has 2 amide bonds. The van der Waals surface area contributed by atoms with Crippen molar-refractivity contribution in [1.82, 2.24) is 4.98 Å². The minimum atomic E-state index is -1.36. The fourth-order valence-electron chi connectivity index (χ4n) is 4.45. The van der Waals surface area contributed by atoms with Crippen molar-refractivity contribution in [2.75, 3.05) is 10.6 Å². The minimum Gasteiger partial charge on any atom is -0.480 e. The second-order valence-electron chi connectivity index (χ2n) is 8.27. The number of aryl methyl sites for hydroxylation is 1. The minimum absolute atomic E-state index is 0.0483. The summed E-state index contributed by atoms with van der Waals surface area (Å²) in [4.78, 5) is 41.0. The van der Waals surface area contributed by atoms with E-state index in [2.05, 4.69) is 15.6 Å². The van der Waals surface area contributed by atoms with Crippen molar-refractivity contribution in [2.24, 2.45) is 10.8 Å². The van der Waals surface area contributed by atoms with E-state index >= 15 is 0 Å². The van der Waals surface area contributed by atoms with Crippen molar-refractivity contribution in [3.63, 3.8) is 0 Å². The summed E-state index contributed by atoms with van der Waals surface area (Å²) in [6, 6.07) is 8.36. The number of hydrogen-bond acceptors (Lipinski definition) is 4. The predicted octanol–water partition coefficient (Wildman–Crippen LogP) is 3.62. The van der Waals surface area contributed by atoms with Gasteiger partial charge < -0.3 is 15.7 Å². The van der Waals surface area contributed by atoms with Gasteiger partial charge in [0.25, 0.3) is 5.91 Å². The molecule has 29 heavy (non-hydrogen) atoms. The first kappa shape index (κ1) is 19.1. The molecular weight excluding hydrogens is 370 g/mol. The van der Waals surface area contributed by atoms with E-state index < -0.39 is 17.3 Å². The number of aromatic nitrogens is 1. The molecule has 0 aliphatic heterocycles. The Hall–Kier alpha value is -3.22. The molecule has 2 aromatic rings. The van der Waals surface area contributed by atoms with Crippen LogP contribution in [0.5, 0.6) is 0 Å². The van der Waals surface area contributed by atoms with E-state index in [0.29, 0.717) is 29.8 Å². The third-order valence-corrected chi connectivity index (χ3v) is 6.30. The molecular formula is C22H23N3O4. The summed E-state index contributed by atoms with van der Waals surface area (Å²) < 4.78 is 0. The Morgan fingerprint density at radius 3 is 2.31 bits per heavy atom. The molecule has 0 unspecified atom stereocenters. The largest absolute Gasteiger partial charge is 0.480 e. The number of carbonyl (C=O) groups excluding carboxylic acids is 2. The fraction of sp³-hybridized carbons (Fsp3) is 0.364. The lowest BCUT2D eigenvalue weighted by Crippen LogP contribution is -2.59. The molecule has 1 aromatic carbocycles. The highest BCUT2D eigenvalue weighted by Gasteiger charge is 2.65. The molecule has 1 spiro atoms. The van der Waals surface area contributed by atoms with Gasteiger partial charge in [0, 0.05) is 29.3 Å². The smallest absolute Gasteiger partial charge is 0.319 e. The second-order valence-corrected chi connectivity index (χ2v) is 8.27. The van der Waals surface area contributed by atoms with Crippen LogP contribution < -0.4 is 10.6 Å². The van der Waals surface area contributed by atoms with E-state index in [1.54, 1.807) is 30.3 Å². The standard InChI is InChI=1S/C22H23N3O4/c1-14-3-4-16(11-17(14)25-18(26)15-5-9-23-10-6-15)24-19(27)22(20(28)29)12-21(13-22)7-2-8-21/h3-6,9-11H,2,7-8,12-13H2,1H3,(H,24,27)(H,25,26)(H,28,29). The Bertz CT molecular complexity index is 975. The molecule has 7 nitrogen and oxygen atoms in total. The Balaban J connectivity index is 1.49. The lowest BCUT2D eigenvalue weighted by Gasteiger charge is -2.58. The SMILES string of the molecule is Cc1ccc(NC(=O)C2(C(=O)O)CC3(CCC3)C2)cc1NC(=O)c1ccncc1. The zero-order chi connectivity index (χ0) is 20.6. The molecule has 2 aliphatic carbocycles. The molecule has 7 heteroatoms. The van der Waals surface area contributed by atoms with Crippen molar-refractivity contribution in [3.05, 3.63) is 53.9 Å². The molecule has 150 valence electrons. The van der Waals surface area contributed by atoms with E-state index in [1.165, 1.54) is 12.4 Å². The van der Waals surface area contributed by atoms with Crippen LogP contribution in [0.2, 0.25) is 0 Å². The second kappa shape index (κ2) is 6.99. The molecule has 1 aromatic heterocycles. The van der Waals surface area contributed by atoms with Crippen LogP contribution in [0.15, 0.2) is 42.7 Å². The third kappa shape index (κ3) is 3.37. The molecule has 0 radical (unpaired) electrons. The van der Waals surface area contributed by atoms with E-state index in [9.17, 15) is 19.5 Å². The van der Waals surface area contributed by atoms with Crippen molar-refractivity contribution < 1.29 is 19.5 Å². The molecule has 1 heterocycles. The maximum atomic E-state index is 12.8. The van der Waals surface area contributed by atoms with Crippen LogP contribution in [-0.2, 0) is 9.59 Å². The predicted molar refractivity (Wildman–Crippen MR) is 108 cm³/mol. The van der Waals surface area contributed by atoms with Crippen LogP contribution >= 0.6 is 0 Å². The summed E-state index contributed by atoms with van der Waals surface area (Å²) >= 11 is 0. The van der Waals surface area contributed by atoms with Crippen molar-refractivity contribution >= 4 is 29.2 Å². The zero-order valence-electron chi connectivity index (χ0n) is 16.2. The first-order chi connectivity index (χ1) is 13.8. The molecule has 0 bridgehead atoms. The Morgan fingerprint density at radius 1 is 1.03 bits per heavy atom. The maximum Gasteiger partial charge on any atom is 0.319 e. The highest BCUT2D eigenvalue weighted by atomic mass is 16.4. The number of carboxylic acid groups (broad SMARTS) is 1. The molecule has 2 saturated carbocycles. The van der Waals surface area contributed by atoms with Gasteiger partial charge in [0.2, 0.25) is 5.91 Å². The monoisotopic (exact) mass is 393 g/mol. The van der Waals surface area contributed by atoms with Crippen LogP contribution in [0.3, 0.4) is 0 Å². The van der Waals surface area contributed by atoms with Gasteiger partial charge in [-0.3, -0.25) is 19.4 Å². The van der Waals surface area contributed by atoms with Crippen molar-refractivity contribution in [1.29, 1.82) is 0 Å². The van der Waals surface area contributed by atoms with E-state index in [0.717, 1.165) is 24.8 Å². The van der Waals surface area contributed by atoms with Crippen LogP contribution in [0, 0.1) is 17.8 Å². The van der Waals surface area contributed by atoms with Gasteiger partial charge >= 0.3 is 5.97 Å². The number of carbonyl (C=O) groups is 3. The van der Waals surface area contributed by atoms with Crippen LogP contribution in [0.1, 0.15) is 48.0 Å². The summed E-state index contributed by atoms with van der Waals surface area (Å²) in [6.45, 7) is 1.85. The molecule has 0 saturated heterocycles. The van der Waals surface area contributed by atoms with Gasteiger partial charge in [0.15, 0.2) is 0 Å². The Kier molecular flexibility index (Phi) is 4.61. The first-order valence-corrected chi connectivity index (χ1v) is 9.71. The van der Waals surface area contributed by atoms with Crippen LogP contribution in [0.4, 0.5) is 11.4 Å². The normalized spacial score (nSPS) is 18.2. The highest BCUT2D eigenvalue weighted by molar-refractivity contribution is 6.10. The van der Waals surface area contributed by atoms with Crippen molar-refractivity contribution in [3.8, 4) is 0 Å². The van der Waals surface area contributed by atoms with Crippen molar-refractivity contribution in [2.45, 2.75) is 39.0 Å². The summed E-state index contributed by atoms with van der Waals surface area (Å²) in [5.74, 6) is -1.84. The van der Waals surface area contributed by atoms with E-state index in [1.807, 2.05) is 6.92 Å². The van der Waals surface area contributed by atoms with Gasteiger partial charge in [-0.05, 0) is 67.9 Å². The highest BCUT2D eigenvalue weighted by Crippen LogP contribution is 2.64. The molecule has 4 rings (SSSR count). The quantitative estimate of drug-likeness (QED) is 0.673. The van der Waals surface area contributed by atoms with Gasteiger partial charge in [0.1, 0.15) is 5.41 Å². The lowest BCUT2D eigenvalue weighted by atomic mass is 9.45. The molecule has 2 aliphatic rings. The van der Waals surface area contributed by atoms with Gasteiger partial charge in [-0.15, -0.1) is 0 Å². The number of nitrogens with one attached hydrogen (secondary N) is 2. The van der Waals surface area contributed by atoms with Gasteiger partial charge in [0.05, 0.1) is 0 Å². The van der Waals surface area contributed by atoms with E-state index in [4.69, 9.17) is 0 Å². The number of carboxylic acids is 1. The molecule has 0 atom stereocenters. The number of anilines is 2. The Labute approximate surface area is 168 Å². The topological polar surface area (TPSA) is 108 Å². The zero-order valence-corrected chi connectivity index (χ0v) is 16.2. The Morgan fingerprint density at radius 2 is 1.72 bits per heavy atom. The van der Waals surface area contributed by atoms with E-state index in [-0.39, 0.29) is 11.3 Å². The number of hydrogen-bond donors (Lipinski definition) is 3. The van der Waals surface area contributed by atoms with Crippen LogP contribution in [-0.4, -0.2) is 27.9 Å². The number of rotatable bonds is 5. The number of aliphatic carboxylic acids is 1. The van der Waals surface area contributed by atoms with Crippen LogP contribution in [0.25, 0.3) is 0 Å². The van der Waals surface area contributed by atoms with Gasteiger partial charge in [-0.1, -0.05) is 12.5 Å². The maximum absolute atomic E-state index is 12.8. The van der Waals surface area contributed by atoms with Gasteiger partial charge in [-0.2, -0.15) is 0 Å². The number of benzene rings is 1. The summed E-state index contributed by atoms with van der Waals surface area (Å²) in [7, 11) is 0. The third-order valence-electron chi connectivity index (χ3n) is 6.30. The molecule has 2 fully saturated rings. The first-order valence-electron chi connectivity index (χ1n) is 9.71. The average molecular weight is 393 g/mol.